The van der Waals surface area contributed by atoms with Crippen LogP contribution >= 0.6 is 22.9 Å². The molecule has 5 rings (SSSR count). The van der Waals surface area contributed by atoms with E-state index in [0.29, 0.717) is 34.7 Å². The summed E-state index contributed by atoms with van der Waals surface area (Å²) < 4.78 is 12.8. The number of ether oxygens (including phenoxy) is 2. The number of piperazine rings is 1. The molecule has 0 spiro atoms. The number of carbonyl (C=O) groups is 1. The van der Waals surface area contributed by atoms with Crippen LogP contribution in [-0.4, -0.2) is 59.0 Å². The average molecular weight is 444 g/mol. The van der Waals surface area contributed by atoms with Gasteiger partial charge in [-0.15, -0.1) is 0 Å². The van der Waals surface area contributed by atoms with Crippen LogP contribution < -0.4 is 9.47 Å². The molecule has 2 atom stereocenters. The van der Waals surface area contributed by atoms with Crippen molar-refractivity contribution in [2.45, 2.75) is 25.4 Å². The number of hydrogen-bond donors (Lipinski definition) is 0. The van der Waals surface area contributed by atoms with Crippen molar-refractivity contribution in [3.63, 3.8) is 0 Å². The number of rotatable bonds is 6. The summed E-state index contributed by atoms with van der Waals surface area (Å²) in [4.78, 5) is 20.5. The van der Waals surface area contributed by atoms with Gasteiger partial charge in [0.05, 0.1) is 10.2 Å². The molecule has 156 valence electrons. The summed E-state index contributed by atoms with van der Waals surface area (Å²) in [6, 6.07) is 14.1. The highest BCUT2D eigenvalue weighted by Gasteiger charge is 2.43. The summed E-state index contributed by atoms with van der Waals surface area (Å²) in [5.74, 6) is 1.72. The van der Waals surface area contributed by atoms with Crippen LogP contribution in [0.3, 0.4) is 0 Å². The molecule has 2 saturated heterocycles. The smallest absolute Gasteiger partial charge is 0.279 e. The van der Waals surface area contributed by atoms with E-state index in [1.54, 1.807) is 6.92 Å². The van der Waals surface area contributed by atoms with E-state index in [9.17, 15) is 4.79 Å². The zero-order valence-corrected chi connectivity index (χ0v) is 18.2. The second kappa shape index (κ2) is 8.06. The first-order valence-corrected chi connectivity index (χ1v) is 11.2. The maximum Gasteiger partial charge on any atom is 0.279 e. The minimum Gasteiger partial charge on any atom is -0.492 e. The largest absolute Gasteiger partial charge is 0.492 e. The maximum atomic E-state index is 11.6. The van der Waals surface area contributed by atoms with Gasteiger partial charge >= 0.3 is 0 Å². The van der Waals surface area contributed by atoms with E-state index in [2.05, 4.69) is 9.88 Å². The molecule has 2 bridgehead atoms. The number of likely N-dealkylation sites (tertiary alicyclic amines) is 2. The Kier molecular flexibility index (Phi) is 5.26. The molecule has 2 aliphatic heterocycles. The summed E-state index contributed by atoms with van der Waals surface area (Å²) in [7, 11) is 0. The van der Waals surface area contributed by atoms with Gasteiger partial charge in [0.15, 0.2) is 0 Å². The molecule has 3 aromatic rings. The van der Waals surface area contributed by atoms with E-state index in [1.165, 1.54) is 11.3 Å². The highest BCUT2D eigenvalue weighted by molar-refractivity contribution is 7.20. The SMILES string of the molecule is CC(=O)N1CC2CC1CN2CCOc1ccc(Oc2nc3cc(Cl)ccc3s2)cc1. The Bertz CT molecular complexity index is 1070. The molecule has 0 radical (unpaired) electrons. The fourth-order valence-electron chi connectivity index (χ4n) is 4.32. The van der Waals surface area contributed by atoms with Crippen molar-refractivity contribution in [3.05, 3.63) is 47.5 Å². The van der Waals surface area contributed by atoms with Crippen molar-refractivity contribution in [2.75, 3.05) is 26.2 Å². The molecule has 8 heteroatoms. The number of thiazole rings is 1. The minimum atomic E-state index is 0.190. The molecule has 2 aliphatic rings. The van der Waals surface area contributed by atoms with Gasteiger partial charge in [-0.1, -0.05) is 22.9 Å². The van der Waals surface area contributed by atoms with Gasteiger partial charge in [-0.3, -0.25) is 9.69 Å². The lowest BCUT2D eigenvalue weighted by atomic mass is 10.2. The monoisotopic (exact) mass is 443 g/mol. The van der Waals surface area contributed by atoms with Crippen molar-refractivity contribution in [3.8, 4) is 16.7 Å². The Labute approximate surface area is 184 Å². The van der Waals surface area contributed by atoms with Crippen LogP contribution in [0.2, 0.25) is 5.02 Å². The molecule has 2 aromatic carbocycles. The van der Waals surface area contributed by atoms with Crippen molar-refractivity contribution in [1.82, 2.24) is 14.8 Å². The topological polar surface area (TPSA) is 54.9 Å². The fourth-order valence-corrected chi connectivity index (χ4v) is 5.30. The second-order valence-corrected chi connectivity index (χ2v) is 9.15. The van der Waals surface area contributed by atoms with Gasteiger partial charge in [0.25, 0.3) is 5.19 Å². The average Bonchev–Trinajstić information content (AvgIpc) is 3.42. The zero-order valence-electron chi connectivity index (χ0n) is 16.6. The quantitative estimate of drug-likeness (QED) is 0.564. The van der Waals surface area contributed by atoms with Crippen LogP contribution in [0.5, 0.6) is 16.7 Å². The Balaban J connectivity index is 1.12. The summed E-state index contributed by atoms with van der Waals surface area (Å²) in [5.41, 5.74) is 0.837. The predicted molar refractivity (Wildman–Crippen MR) is 118 cm³/mol. The second-order valence-electron chi connectivity index (χ2n) is 7.72. The number of amides is 1. The standard InChI is InChI=1S/C22H22ClN3O3S/c1-14(27)26-13-16-11-17(26)12-25(16)8-9-28-18-3-5-19(6-4-18)29-22-24-20-10-15(23)2-7-21(20)30-22/h2-7,10,16-17H,8-9,11-13H2,1H3. The Hall–Kier alpha value is -2.35. The third kappa shape index (κ3) is 3.97. The Morgan fingerprint density at radius 3 is 2.70 bits per heavy atom. The van der Waals surface area contributed by atoms with Crippen LogP contribution in [0.25, 0.3) is 10.2 Å². The summed E-state index contributed by atoms with van der Waals surface area (Å²) in [5, 5.41) is 1.25. The molecule has 1 amide bonds. The first-order chi connectivity index (χ1) is 14.5. The van der Waals surface area contributed by atoms with Gasteiger partial charge in [0.2, 0.25) is 5.91 Å². The predicted octanol–water partition coefficient (Wildman–Crippen LogP) is 4.43. The normalized spacial score (nSPS) is 20.8. The molecule has 0 saturated carbocycles. The van der Waals surface area contributed by atoms with Gasteiger partial charge in [-0.25, -0.2) is 4.98 Å². The highest BCUT2D eigenvalue weighted by atomic mass is 35.5. The number of fused-ring (bicyclic) bond motifs is 3. The van der Waals surface area contributed by atoms with Gasteiger partial charge in [0.1, 0.15) is 18.1 Å². The van der Waals surface area contributed by atoms with E-state index in [0.717, 1.165) is 42.0 Å². The maximum absolute atomic E-state index is 11.6. The summed E-state index contributed by atoms with van der Waals surface area (Å²) in [6.07, 6.45) is 1.09. The first kappa shape index (κ1) is 19.6. The molecular weight excluding hydrogens is 422 g/mol. The Morgan fingerprint density at radius 1 is 1.17 bits per heavy atom. The molecule has 30 heavy (non-hydrogen) atoms. The van der Waals surface area contributed by atoms with Crippen LogP contribution in [0.15, 0.2) is 42.5 Å². The van der Waals surface area contributed by atoms with Crippen molar-refractivity contribution < 1.29 is 14.3 Å². The lowest BCUT2D eigenvalue weighted by Gasteiger charge is -2.33. The van der Waals surface area contributed by atoms with Gasteiger partial charge in [0, 0.05) is 43.7 Å². The number of carbonyl (C=O) groups excluding carboxylic acids is 1. The Morgan fingerprint density at radius 2 is 1.97 bits per heavy atom. The number of benzene rings is 2. The zero-order chi connectivity index (χ0) is 20.7. The van der Waals surface area contributed by atoms with Crippen LogP contribution in [0.1, 0.15) is 13.3 Å². The van der Waals surface area contributed by atoms with E-state index < -0.39 is 0 Å². The molecule has 1 aromatic heterocycles. The van der Waals surface area contributed by atoms with Gasteiger partial charge < -0.3 is 14.4 Å². The first-order valence-electron chi connectivity index (χ1n) is 10.0. The summed E-state index contributed by atoms with van der Waals surface area (Å²) >= 11 is 7.50. The van der Waals surface area contributed by atoms with Crippen molar-refractivity contribution >= 4 is 39.1 Å². The lowest BCUT2D eigenvalue weighted by molar-refractivity contribution is -0.131. The van der Waals surface area contributed by atoms with Crippen molar-refractivity contribution in [1.29, 1.82) is 0 Å². The highest BCUT2D eigenvalue weighted by Crippen LogP contribution is 2.33. The minimum absolute atomic E-state index is 0.190. The van der Waals surface area contributed by atoms with Crippen LogP contribution in [0, 0.1) is 0 Å². The van der Waals surface area contributed by atoms with E-state index in [4.69, 9.17) is 21.1 Å². The molecule has 0 aliphatic carbocycles. The van der Waals surface area contributed by atoms with Crippen LogP contribution in [-0.2, 0) is 4.79 Å². The number of nitrogens with zero attached hydrogens (tertiary/aromatic N) is 3. The molecule has 3 heterocycles. The van der Waals surface area contributed by atoms with E-state index in [1.807, 2.05) is 47.4 Å². The van der Waals surface area contributed by atoms with E-state index >= 15 is 0 Å². The van der Waals surface area contributed by atoms with Gasteiger partial charge in [-0.2, -0.15) is 0 Å². The lowest BCUT2D eigenvalue weighted by Crippen LogP contribution is -2.48. The number of hydrogen-bond acceptors (Lipinski definition) is 6. The fraction of sp³-hybridized carbons (Fsp3) is 0.364. The molecule has 6 nitrogen and oxygen atoms in total. The third-order valence-corrected chi connectivity index (χ3v) is 6.91. The van der Waals surface area contributed by atoms with Crippen LogP contribution in [0.4, 0.5) is 0 Å². The van der Waals surface area contributed by atoms with E-state index in [-0.39, 0.29) is 5.91 Å². The number of aromatic nitrogens is 1. The molecule has 2 unspecified atom stereocenters. The van der Waals surface area contributed by atoms with Gasteiger partial charge in [-0.05, 0) is 48.9 Å². The molecule has 0 N–H and O–H groups in total. The molecule has 2 fully saturated rings. The molecular formula is C22H22ClN3O3S. The third-order valence-electron chi connectivity index (χ3n) is 5.76. The summed E-state index contributed by atoms with van der Waals surface area (Å²) in [6.45, 7) is 4.97. The number of halogens is 1. The van der Waals surface area contributed by atoms with Crippen molar-refractivity contribution in [2.24, 2.45) is 0 Å².